The molecule has 1 atom stereocenters. The fraction of sp³-hybridized carbons (Fsp3) is 0.500. The SMILES string of the molecule is CCNC(C)(C(=O)OCC)c1cccc(OC)c1. The minimum atomic E-state index is -0.848. The molecule has 1 aromatic rings. The first-order valence-corrected chi connectivity index (χ1v) is 6.15. The van der Waals surface area contributed by atoms with Gasteiger partial charge in [-0.15, -0.1) is 0 Å². The monoisotopic (exact) mass is 251 g/mol. The second kappa shape index (κ2) is 6.40. The van der Waals surface area contributed by atoms with Gasteiger partial charge in [-0.05, 0) is 38.1 Å². The number of nitrogens with one attached hydrogen (secondary N) is 1. The van der Waals surface area contributed by atoms with Gasteiger partial charge in [-0.1, -0.05) is 19.1 Å². The van der Waals surface area contributed by atoms with E-state index in [1.165, 1.54) is 0 Å². The third kappa shape index (κ3) is 3.01. The Morgan fingerprint density at radius 2 is 2.11 bits per heavy atom. The van der Waals surface area contributed by atoms with Crippen molar-refractivity contribution < 1.29 is 14.3 Å². The van der Waals surface area contributed by atoms with Crippen molar-refractivity contribution in [1.82, 2.24) is 5.32 Å². The van der Waals surface area contributed by atoms with Crippen LogP contribution < -0.4 is 10.1 Å². The molecule has 0 saturated carbocycles. The van der Waals surface area contributed by atoms with E-state index in [0.29, 0.717) is 13.2 Å². The molecule has 0 radical (unpaired) electrons. The molecule has 1 N–H and O–H groups in total. The van der Waals surface area contributed by atoms with Crippen LogP contribution in [0, 0.1) is 0 Å². The van der Waals surface area contributed by atoms with Crippen molar-refractivity contribution in [3.63, 3.8) is 0 Å². The topological polar surface area (TPSA) is 47.6 Å². The van der Waals surface area contributed by atoms with Crippen molar-refractivity contribution in [1.29, 1.82) is 0 Å². The fourth-order valence-electron chi connectivity index (χ4n) is 1.86. The van der Waals surface area contributed by atoms with E-state index in [4.69, 9.17) is 9.47 Å². The van der Waals surface area contributed by atoms with Crippen LogP contribution in [0.4, 0.5) is 0 Å². The van der Waals surface area contributed by atoms with Crippen LogP contribution in [0.15, 0.2) is 24.3 Å². The number of hydrogen-bond acceptors (Lipinski definition) is 4. The van der Waals surface area contributed by atoms with Gasteiger partial charge in [0.2, 0.25) is 0 Å². The summed E-state index contributed by atoms with van der Waals surface area (Å²) in [5, 5.41) is 3.18. The second-order valence-corrected chi connectivity index (χ2v) is 4.11. The highest BCUT2D eigenvalue weighted by Crippen LogP contribution is 2.25. The van der Waals surface area contributed by atoms with Gasteiger partial charge in [0.15, 0.2) is 0 Å². The molecule has 0 fully saturated rings. The number of esters is 1. The van der Waals surface area contributed by atoms with Gasteiger partial charge in [0.05, 0.1) is 13.7 Å². The van der Waals surface area contributed by atoms with Crippen LogP contribution >= 0.6 is 0 Å². The summed E-state index contributed by atoms with van der Waals surface area (Å²) in [5.74, 6) is 0.445. The Morgan fingerprint density at radius 1 is 1.39 bits per heavy atom. The number of hydrogen-bond donors (Lipinski definition) is 1. The number of methoxy groups -OCH3 is 1. The van der Waals surface area contributed by atoms with Gasteiger partial charge in [-0.2, -0.15) is 0 Å². The minimum absolute atomic E-state index is 0.278. The average Bonchev–Trinajstić information content (AvgIpc) is 2.39. The van der Waals surface area contributed by atoms with E-state index < -0.39 is 5.54 Å². The predicted molar refractivity (Wildman–Crippen MR) is 70.7 cm³/mol. The lowest BCUT2D eigenvalue weighted by atomic mass is 9.91. The lowest BCUT2D eigenvalue weighted by molar-refractivity contribution is -0.151. The van der Waals surface area contributed by atoms with Crippen molar-refractivity contribution in [2.45, 2.75) is 26.3 Å². The molecule has 4 heteroatoms. The van der Waals surface area contributed by atoms with Crippen molar-refractivity contribution in [2.75, 3.05) is 20.3 Å². The standard InChI is InChI=1S/C14H21NO3/c1-5-15-14(3,13(16)18-6-2)11-8-7-9-12(10-11)17-4/h7-10,15H,5-6H2,1-4H3. The van der Waals surface area contributed by atoms with Gasteiger partial charge in [0, 0.05) is 0 Å². The molecular weight excluding hydrogens is 230 g/mol. The molecule has 0 spiro atoms. The van der Waals surface area contributed by atoms with E-state index in [9.17, 15) is 4.79 Å². The highest BCUT2D eigenvalue weighted by atomic mass is 16.5. The zero-order valence-electron chi connectivity index (χ0n) is 11.4. The first kappa shape index (κ1) is 14.5. The highest BCUT2D eigenvalue weighted by Gasteiger charge is 2.36. The lowest BCUT2D eigenvalue weighted by Gasteiger charge is -2.28. The van der Waals surface area contributed by atoms with E-state index in [2.05, 4.69) is 5.32 Å². The Morgan fingerprint density at radius 3 is 2.67 bits per heavy atom. The van der Waals surface area contributed by atoms with Crippen LogP contribution in [0.25, 0.3) is 0 Å². The van der Waals surface area contributed by atoms with Gasteiger partial charge in [0.1, 0.15) is 11.3 Å². The van der Waals surface area contributed by atoms with Gasteiger partial charge in [-0.3, -0.25) is 5.32 Å². The zero-order chi connectivity index (χ0) is 13.6. The van der Waals surface area contributed by atoms with E-state index >= 15 is 0 Å². The smallest absolute Gasteiger partial charge is 0.330 e. The molecule has 1 rings (SSSR count). The summed E-state index contributed by atoms with van der Waals surface area (Å²) in [5.41, 5.74) is -0.0126. The minimum Gasteiger partial charge on any atom is -0.497 e. The van der Waals surface area contributed by atoms with Gasteiger partial charge >= 0.3 is 5.97 Å². The van der Waals surface area contributed by atoms with Crippen molar-refractivity contribution in [2.24, 2.45) is 0 Å². The lowest BCUT2D eigenvalue weighted by Crippen LogP contribution is -2.47. The van der Waals surface area contributed by atoms with Crippen LogP contribution in [-0.2, 0) is 15.1 Å². The quantitative estimate of drug-likeness (QED) is 0.786. The number of carbonyl (C=O) groups excluding carboxylic acids is 1. The van der Waals surface area contributed by atoms with E-state index in [1.807, 2.05) is 38.1 Å². The molecule has 0 bridgehead atoms. The summed E-state index contributed by atoms with van der Waals surface area (Å²) >= 11 is 0. The number of rotatable bonds is 6. The largest absolute Gasteiger partial charge is 0.497 e. The normalized spacial score (nSPS) is 13.8. The molecule has 1 aromatic carbocycles. The first-order valence-electron chi connectivity index (χ1n) is 6.15. The maximum Gasteiger partial charge on any atom is 0.330 e. The van der Waals surface area contributed by atoms with Gasteiger partial charge in [0.25, 0.3) is 0 Å². The number of carbonyl (C=O) groups is 1. The fourth-order valence-corrected chi connectivity index (χ4v) is 1.86. The molecule has 1 unspecified atom stereocenters. The zero-order valence-corrected chi connectivity index (χ0v) is 11.4. The molecule has 0 aliphatic heterocycles. The molecule has 0 heterocycles. The van der Waals surface area contributed by atoms with Crippen LogP contribution in [0.5, 0.6) is 5.75 Å². The molecule has 0 aliphatic rings. The molecule has 0 aromatic heterocycles. The number of benzene rings is 1. The molecule has 0 saturated heterocycles. The third-order valence-electron chi connectivity index (χ3n) is 2.86. The molecule has 0 amide bonds. The molecule has 4 nitrogen and oxygen atoms in total. The van der Waals surface area contributed by atoms with Crippen LogP contribution in [0.2, 0.25) is 0 Å². The summed E-state index contributed by atoms with van der Waals surface area (Å²) in [6.45, 7) is 6.62. The predicted octanol–water partition coefficient (Wildman–Crippen LogP) is 2.08. The summed E-state index contributed by atoms with van der Waals surface area (Å²) in [7, 11) is 1.61. The van der Waals surface area contributed by atoms with Gasteiger partial charge < -0.3 is 9.47 Å². The molecule has 18 heavy (non-hydrogen) atoms. The third-order valence-corrected chi connectivity index (χ3v) is 2.86. The molecular formula is C14H21NO3. The number of likely N-dealkylation sites (N-methyl/N-ethyl adjacent to an activating group) is 1. The molecule has 100 valence electrons. The highest BCUT2D eigenvalue weighted by molar-refractivity contribution is 5.82. The van der Waals surface area contributed by atoms with E-state index in [-0.39, 0.29) is 5.97 Å². The van der Waals surface area contributed by atoms with Crippen LogP contribution in [0.3, 0.4) is 0 Å². The Bertz CT molecular complexity index is 406. The summed E-state index contributed by atoms with van der Waals surface area (Å²) in [4.78, 5) is 12.1. The summed E-state index contributed by atoms with van der Waals surface area (Å²) < 4.78 is 10.3. The van der Waals surface area contributed by atoms with E-state index in [1.54, 1.807) is 14.0 Å². The Balaban J connectivity index is 3.12. The van der Waals surface area contributed by atoms with Crippen molar-refractivity contribution in [3.8, 4) is 5.75 Å². The maximum absolute atomic E-state index is 12.1. The van der Waals surface area contributed by atoms with Gasteiger partial charge in [-0.25, -0.2) is 4.79 Å². The first-order chi connectivity index (χ1) is 8.58. The average molecular weight is 251 g/mol. The second-order valence-electron chi connectivity index (χ2n) is 4.11. The maximum atomic E-state index is 12.1. The Hall–Kier alpha value is -1.55. The van der Waals surface area contributed by atoms with Crippen molar-refractivity contribution >= 4 is 5.97 Å². The summed E-state index contributed by atoms with van der Waals surface area (Å²) in [6.07, 6.45) is 0. The van der Waals surface area contributed by atoms with Crippen molar-refractivity contribution in [3.05, 3.63) is 29.8 Å². The van der Waals surface area contributed by atoms with E-state index in [0.717, 1.165) is 11.3 Å². The molecule has 0 aliphatic carbocycles. The summed E-state index contributed by atoms with van der Waals surface area (Å²) in [6, 6.07) is 7.45. The Labute approximate surface area is 108 Å². The van der Waals surface area contributed by atoms with Crippen LogP contribution in [-0.4, -0.2) is 26.2 Å². The van der Waals surface area contributed by atoms with Crippen LogP contribution in [0.1, 0.15) is 26.3 Å². The number of ether oxygens (including phenoxy) is 2. The Kier molecular flexibility index (Phi) is 5.16.